The van der Waals surface area contributed by atoms with Gasteiger partial charge < -0.3 is 0 Å². The van der Waals surface area contributed by atoms with Gasteiger partial charge in [-0.05, 0) is 58.5 Å². The topological polar surface area (TPSA) is 48.5 Å². The molecular formula is C45H29N5. The van der Waals surface area contributed by atoms with E-state index in [4.69, 9.17) is 35.5 Å². The lowest BCUT2D eigenvalue weighted by molar-refractivity contribution is 0.893. The summed E-state index contributed by atoms with van der Waals surface area (Å²) in [5, 5.41) is -1.43. The predicted octanol–water partition coefficient (Wildman–Crippen LogP) is 11.1. The number of rotatable bonds is 5. The van der Waals surface area contributed by atoms with Crippen LogP contribution in [0, 0.1) is 0 Å². The molecule has 0 saturated carbocycles. The Morgan fingerprint density at radius 1 is 0.380 bits per heavy atom. The highest BCUT2D eigenvalue weighted by atomic mass is 15.3. The number of hydrogen-bond donors (Lipinski definition) is 0. The third-order valence-electron chi connectivity index (χ3n) is 8.18. The molecule has 3 heterocycles. The monoisotopic (exact) mass is 659 g/mol. The summed E-state index contributed by atoms with van der Waals surface area (Å²) >= 11 is 0. The van der Waals surface area contributed by atoms with Crippen molar-refractivity contribution in [3.63, 3.8) is 0 Å². The summed E-state index contributed by atoms with van der Waals surface area (Å²) in [6.45, 7) is 0. The maximum Gasteiger partial charge on any atom is 0.240 e. The Morgan fingerprint density at radius 2 is 0.900 bits per heavy atom. The van der Waals surface area contributed by atoms with Crippen LogP contribution >= 0.6 is 0 Å². The van der Waals surface area contributed by atoms with Crippen LogP contribution in [-0.4, -0.2) is 24.1 Å². The number of aromatic nitrogens is 5. The molecule has 0 aliphatic rings. The number of benzene rings is 7. The Morgan fingerprint density at radius 3 is 1.54 bits per heavy atom. The van der Waals surface area contributed by atoms with E-state index >= 15 is 0 Å². The third kappa shape index (κ3) is 4.52. The molecule has 0 fully saturated rings. The van der Waals surface area contributed by atoms with Crippen molar-refractivity contribution in [2.75, 3.05) is 0 Å². The summed E-state index contributed by atoms with van der Waals surface area (Å²) in [6.07, 6.45) is 0. The lowest BCUT2D eigenvalue weighted by atomic mass is 10.0. The summed E-state index contributed by atoms with van der Waals surface area (Å²) in [5.74, 6) is -1.30. The van der Waals surface area contributed by atoms with E-state index in [-0.39, 0.29) is 33.2 Å². The van der Waals surface area contributed by atoms with Crippen LogP contribution in [0.1, 0.15) is 27.4 Å². The van der Waals surface area contributed by atoms with Gasteiger partial charge in [-0.15, -0.1) is 0 Å². The second kappa shape index (κ2) is 11.4. The quantitative estimate of drug-likeness (QED) is 0.185. The maximum absolute atomic E-state index is 9.63. The largest absolute Gasteiger partial charge is 0.278 e. The van der Waals surface area contributed by atoms with Crippen molar-refractivity contribution in [1.82, 2.24) is 24.1 Å². The minimum absolute atomic E-state index is 0.204. The summed E-state index contributed by atoms with van der Waals surface area (Å²) < 4.78 is 179. The van der Waals surface area contributed by atoms with Gasteiger partial charge in [0.05, 0.1) is 49.5 Å². The highest BCUT2D eigenvalue weighted by Crippen LogP contribution is 2.36. The standard InChI is InChI=1S/C45H29N5/c1-3-14-30(15-4-1)32-18-13-19-34(28-32)43-46-44(49-39-23-10-7-20-35(39)36-21-8-11-24-40(36)49)48-45(47-43)50-41-25-12-9-22-37(41)38-29-33(26-27-42(38)50)31-16-5-2-6-17-31/h1-29H/i2D,5D,6D,7D,8D,9D,10D,11D,12D,16D,17D,20D,21D,22D,23D,24D,25D,26D,27D,29D. The van der Waals surface area contributed by atoms with E-state index in [9.17, 15) is 6.85 Å². The van der Waals surface area contributed by atoms with Crippen LogP contribution in [-0.2, 0) is 0 Å². The van der Waals surface area contributed by atoms with Gasteiger partial charge in [-0.25, -0.2) is 0 Å². The van der Waals surface area contributed by atoms with Crippen molar-refractivity contribution < 1.29 is 27.4 Å². The summed E-state index contributed by atoms with van der Waals surface area (Å²) in [4.78, 5) is 14.3. The van der Waals surface area contributed by atoms with E-state index in [2.05, 4.69) is 0 Å². The summed E-state index contributed by atoms with van der Waals surface area (Å²) in [6, 6.07) is 1.05. The van der Waals surface area contributed by atoms with Gasteiger partial charge in [-0.1, -0.05) is 139 Å². The van der Waals surface area contributed by atoms with Crippen LogP contribution in [0.2, 0.25) is 0 Å². The van der Waals surface area contributed by atoms with E-state index in [1.54, 1.807) is 24.3 Å². The lowest BCUT2D eigenvalue weighted by Gasteiger charge is -2.13. The Kier molecular flexibility index (Phi) is 3.36. The summed E-state index contributed by atoms with van der Waals surface area (Å²) in [7, 11) is 0. The zero-order valence-electron chi connectivity index (χ0n) is 45.4. The maximum atomic E-state index is 9.63. The van der Waals surface area contributed by atoms with Gasteiger partial charge in [0, 0.05) is 27.1 Å². The Labute approximate surface area is 316 Å². The fourth-order valence-corrected chi connectivity index (χ4v) is 5.99. The third-order valence-corrected chi connectivity index (χ3v) is 8.18. The first-order valence-electron chi connectivity index (χ1n) is 25.2. The Balaban J connectivity index is 1.44. The molecule has 0 aliphatic carbocycles. The molecule has 0 saturated heterocycles. The minimum Gasteiger partial charge on any atom is -0.278 e. The van der Waals surface area contributed by atoms with Crippen molar-refractivity contribution in [2.24, 2.45) is 0 Å². The fourth-order valence-electron chi connectivity index (χ4n) is 5.99. The molecule has 0 spiro atoms. The van der Waals surface area contributed by atoms with E-state index in [0.717, 1.165) is 14.7 Å². The van der Waals surface area contributed by atoms with Crippen LogP contribution in [0.5, 0.6) is 0 Å². The van der Waals surface area contributed by atoms with Crippen LogP contribution in [0.25, 0.3) is 89.2 Å². The van der Waals surface area contributed by atoms with Gasteiger partial charge in [0.2, 0.25) is 11.9 Å². The van der Waals surface area contributed by atoms with Gasteiger partial charge in [-0.2, -0.15) is 15.0 Å². The van der Waals surface area contributed by atoms with Gasteiger partial charge in [0.1, 0.15) is 0 Å². The average molecular weight is 660 g/mol. The molecule has 0 unspecified atom stereocenters. The molecule has 234 valence electrons. The van der Waals surface area contributed by atoms with E-state index in [1.807, 2.05) is 30.3 Å². The van der Waals surface area contributed by atoms with Crippen molar-refractivity contribution in [3.8, 4) is 45.5 Å². The molecule has 10 rings (SSSR count). The molecule has 0 radical (unpaired) electrons. The first kappa shape index (κ1) is 14.7. The highest BCUT2D eigenvalue weighted by Gasteiger charge is 2.21. The lowest BCUT2D eigenvalue weighted by Crippen LogP contribution is -2.10. The molecule has 3 aromatic heterocycles. The van der Waals surface area contributed by atoms with Crippen LogP contribution < -0.4 is 0 Å². The van der Waals surface area contributed by atoms with Crippen molar-refractivity contribution in [2.45, 2.75) is 0 Å². The van der Waals surface area contributed by atoms with Crippen LogP contribution in [0.15, 0.2) is 175 Å². The second-order valence-electron chi connectivity index (χ2n) is 11.0. The van der Waals surface area contributed by atoms with E-state index < -0.39 is 166 Å². The van der Waals surface area contributed by atoms with E-state index in [1.165, 1.54) is 0 Å². The molecule has 0 aliphatic heterocycles. The molecular weight excluding hydrogens is 611 g/mol. The predicted molar refractivity (Wildman–Crippen MR) is 205 cm³/mol. The zero-order valence-corrected chi connectivity index (χ0v) is 25.4. The van der Waals surface area contributed by atoms with Crippen molar-refractivity contribution >= 4 is 43.6 Å². The normalized spacial score (nSPS) is 17.2. The van der Waals surface area contributed by atoms with Gasteiger partial charge in [-0.3, -0.25) is 9.13 Å². The molecule has 50 heavy (non-hydrogen) atoms. The smallest absolute Gasteiger partial charge is 0.240 e. The van der Waals surface area contributed by atoms with Gasteiger partial charge >= 0.3 is 0 Å². The zero-order chi connectivity index (χ0) is 50.4. The molecule has 10 aromatic rings. The van der Waals surface area contributed by atoms with Crippen LogP contribution in [0.3, 0.4) is 0 Å². The average Bonchev–Trinajstić information content (AvgIpc) is 3.92. The van der Waals surface area contributed by atoms with Crippen LogP contribution in [0.4, 0.5) is 0 Å². The van der Waals surface area contributed by atoms with Gasteiger partial charge in [0.15, 0.2) is 5.82 Å². The fraction of sp³-hybridized carbons (Fsp3) is 0. The number of para-hydroxylation sites is 3. The SMILES string of the molecule is [2H]c1c([2H])c([2H])c(-c2c([2H])c([2H])c3c(c2[2H])c2c([2H])c([2H])c([2H])c([2H])c2n3-c2nc(-c3cccc(-c4ccccc4)c3)nc(-n3c4c([2H])c([2H])c([2H])c([2H])c4c4c([2H])c([2H])c([2H])c([2H])c43)n2)c([2H])c1[2H]. The Bertz CT molecular complexity index is 3910. The molecule has 5 nitrogen and oxygen atoms in total. The summed E-state index contributed by atoms with van der Waals surface area (Å²) in [5.41, 5.74) is -1.14. The first-order valence-corrected chi connectivity index (χ1v) is 15.2. The molecule has 5 heteroatoms. The van der Waals surface area contributed by atoms with Gasteiger partial charge in [0.25, 0.3) is 0 Å². The first-order chi connectivity index (χ1) is 33.1. The van der Waals surface area contributed by atoms with Crippen molar-refractivity contribution in [1.29, 1.82) is 0 Å². The molecule has 0 atom stereocenters. The second-order valence-corrected chi connectivity index (χ2v) is 11.0. The highest BCUT2D eigenvalue weighted by molar-refractivity contribution is 6.11. The number of nitrogens with zero attached hydrogens (tertiary/aromatic N) is 5. The Hall–Kier alpha value is -6.85. The molecule has 0 N–H and O–H groups in total. The van der Waals surface area contributed by atoms with Crippen molar-refractivity contribution in [3.05, 3.63) is 175 Å². The van der Waals surface area contributed by atoms with E-state index in [0.29, 0.717) is 5.56 Å². The number of fused-ring (bicyclic) bond motifs is 6. The molecule has 0 bridgehead atoms. The molecule has 7 aromatic carbocycles. The minimum atomic E-state index is -0.838. The molecule has 0 amide bonds. The number of hydrogen-bond acceptors (Lipinski definition) is 3.